The third-order valence-electron chi connectivity index (χ3n) is 5.43. The molecule has 0 spiro atoms. The van der Waals surface area contributed by atoms with Gasteiger partial charge in [0, 0.05) is 56.1 Å². The smallest absolute Gasteiger partial charge is 0.167 e. The van der Waals surface area contributed by atoms with Gasteiger partial charge >= 0.3 is 0 Å². The van der Waals surface area contributed by atoms with Crippen LogP contribution in [-0.4, -0.2) is 42.5 Å². The molecule has 2 aromatic heterocycles. The van der Waals surface area contributed by atoms with Gasteiger partial charge in [-0.2, -0.15) is 5.10 Å². The number of benzene rings is 1. The maximum absolute atomic E-state index is 4.80. The first-order valence-corrected chi connectivity index (χ1v) is 10.9. The zero-order valence-electron chi connectivity index (χ0n) is 16.7. The summed E-state index contributed by atoms with van der Waals surface area (Å²) in [6.07, 6.45) is 6.15. The number of amidine groups is 1. The van der Waals surface area contributed by atoms with E-state index in [1.54, 1.807) is 11.8 Å². The van der Waals surface area contributed by atoms with E-state index in [4.69, 9.17) is 4.98 Å². The van der Waals surface area contributed by atoms with Crippen LogP contribution >= 0.6 is 11.8 Å². The van der Waals surface area contributed by atoms with Crippen molar-refractivity contribution in [2.24, 2.45) is 12.0 Å². The number of aromatic nitrogens is 4. The van der Waals surface area contributed by atoms with Gasteiger partial charge in [-0.3, -0.25) is 9.67 Å². The molecule has 5 rings (SSSR count). The molecule has 0 aliphatic carbocycles. The van der Waals surface area contributed by atoms with Gasteiger partial charge in [0.2, 0.25) is 0 Å². The molecular weight excluding hydrogens is 380 g/mol. The Kier molecular flexibility index (Phi) is 4.75. The molecule has 0 radical (unpaired) electrons. The number of aliphatic imine (C=N–C) groups is 1. The average Bonchev–Trinajstić information content (AvgIpc) is 3.43. The molecule has 0 fully saturated rings. The number of hydrogen-bond acceptors (Lipinski definition) is 5. The van der Waals surface area contributed by atoms with Crippen LogP contribution in [0.25, 0.3) is 22.5 Å². The second-order valence-corrected chi connectivity index (χ2v) is 8.29. The SMILES string of the molecule is Cc1nn(C)cc1-c1c(-c2ccccc2)ncn1CCC1=CSC2=NCCCN12. The largest absolute Gasteiger partial charge is 0.330 e. The van der Waals surface area contributed by atoms with Gasteiger partial charge in [0.05, 0.1) is 23.4 Å². The Bertz CT molecular complexity index is 1090. The van der Waals surface area contributed by atoms with Gasteiger partial charge in [-0.1, -0.05) is 42.1 Å². The molecule has 2 aliphatic rings. The van der Waals surface area contributed by atoms with E-state index < -0.39 is 0 Å². The maximum Gasteiger partial charge on any atom is 0.167 e. The molecule has 0 amide bonds. The molecule has 4 heterocycles. The monoisotopic (exact) mass is 404 g/mol. The number of nitrogens with zero attached hydrogens (tertiary/aromatic N) is 6. The Hall–Kier alpha value is -2.80. The summed E-state index contributed by atoms with van der Waals surface area (Å²) in [6.45, 7) is 4.96. The third kappa shape index (κ3) is 3.40. The number of fused-ring (bicyclic) bond motifs is 1. The fraction of sp³-hybridized carbons (Fsp3) is 0.318. The van der Waals surface area contributed by atoms with Crippen LogP contribution in [0.1, 0.15) is 18.5 Å². The Morgan fingerprint density at radius 2 is 2.03 bits per heavy atom. The van der Waals surface area contributed by atoms with Crippen molar-refractivity contribution >= 4 is 16.9 Å². The zero-order chi connectivity index (χ0) is 19.8. The van der Waals surface area contributed by atoms with Gasteiger partial charge in [0.15, 0.2) is 5.17 Å². The second kappa shape index (κ2) is 7.55. The van der Waals surface area contributed by atoms with Crippen LogP contribution in [0.4, 0.5) is 0 Å². The van der Waals surface area contributed by atoms with Crippen LogP contribution in [0.3, 0.4) is 0 Å². The lowest BCUT2D eigenvalue weighted by molar-refractivity contribution is 0.459. The fourth-order valence-electron chi connectivity index (χ4n) is 4.04. The van der Waals surface area contributed by atoms with E-state index in [0.29, 0.717) is 0 Å². The van der Waals surface area contributed by atoms with Crippen molar-refractivity contribution in [2.45, 2.75) is 26.3 Å². The van der Waals surface area contributed by atoms with Crippen molar-refractivity contribution in [2.75, 3.05) is 13.1 Å². The second-order valence-electron chi connectivity index (χ2n) is 7.45. The molecule has 0 saturated carbocycles. The third-order valence-corrected chi connectivity index (χ3v) is 6.38. The molecule has 2 aliphatic heterocycles. The molecule has 1 aromatic carbocycles. The van der Waals surface area contributed by atoms with Crippen LogP contribution in [-0.2, 0) is 13.6 Å². The highest BCUT2D eigenvalue weighted by atomic mass is 32.2. The van der Waals surface area contributed by atoms with Crippen molar-refractivity contribution in [1.82, 2.24) is 24.2 Å². The van der Waals surface area contributed by atoms with Crippen LogP contribution in [0.15, 0.2) is 59.0 Å². The Balaban J connectivity index is 1.49. The lowest BCUT2D eigenvalue weighted by atomic mass is 10.1. The summed E-state index contributed by atoms with van der Waals surface area (Å²) in [4.78, 5) is 11.8. The predicted octanol–water partition coefficient (Wildman–Crippen LogP) is 4.30. The van der Waals surface area contributed by atoms with Gasteiger partial charge in [-0.15, -0.1) is 0 Å². The maximum atomic E-state index is 4.80. The van der Waals surface area contributed by atoms with Crippen molar-refractivity contribution in [3.63, 3.8) is 0 Å². The molecule has 0 unspecified atom stereocenters. The summed E-state index contributed by atoms with van der Waals surface area (Å²) in [5.74, 6) is 0. The molecular formula is C22H24N6S. The average molecular weight is 405 g/mol. The van der Waals surface area contributed by atoms with E-state index in [1.165, 1.54) is 5.70 Å². The number of thioether (sulfide) groups is 1. The van der Waals surface area contributed by atoms with Gasteiger partial charge in [0.25, 0.3) is 0 Å². The molecule has 3 aromatic rings. The predicted molar refractivity (Wildman–Crippen MR) is 119 cm³/mol. The summed E-state index contributed by atoms with van der Waals surface area (Å²) in [7, 11) is 1.97. The lowest BCUT2D eigenvalue weighted by Crippen LogP contribution is -2.30. The summed E-state index contributed by atoms with van der Waals surface area (Å²) < 4.78 is 4.15. The van der Waals surface area contributed by atoms with Crippen LogP contribution in [0, 0.1) is 6.92 Å². The van der Waals surface area contributed by atoms with E-state index in [2.05, 4.69) is 62.4 Å². The van der Waals surface area contributed by atoms with Crippen LogP contribution < -0.4 is 0 Å². The molecule has 7 heteroatoms. The number of imidazole rings is 1. The minimum atomic E-state index is 0.875. The molecule has 6 nitrogen and oxygen atoms in total. The highest BCUT2D eigenvalue weighted by Crippen LogP contribution is 2.35. The van der Waals surface area contributed by atoms with Gasteiger partial charge in [0.1, 0.15) is 0 Å². The first-order chi connectivity index (χ1) is 14.2. The number of rotatable bonds is 5. The number of hydrogen-bond donors (Lipinski definition) is 0. The molecule has 0 bridgehead atoms. The summed E-state index contributed by atoms with van der Waals surface area (Å²) in [5, 5.41) is 7.99. The quantitative estimate of drug-likeness (QED) is 0.636. The van der Waals surface area contributed by atoms with E-state index in [0.717, 1.165) is 65.9 Å². The highest BCUT2D eigenvalue weighted by molar-refractivity contribution is 8.16. The first kappa shape index (κ1) is 18.2. The van der Waals surface area contributed by atoms with E-state index in [1.807, 2.05) is 24.1 Å². The normalized spacial score (nSPS) is 16.0. The summed E-state index contributed by atoms with van der Waals surface area (Å²) >= 11 is 1.75. The molecule has 0 saturated heterocycles. The molecule has 0 atom stereocenters. The summed E-state index contributed by atoms with van der Waals surface area (Å²) in [6, 6.07) is 10.4. The Morgan fingerprint density at radius 1 is 1.17 bits per heavy atom. The van der Waals surface area contributed by atoms with E-state index in [-0.39, 0.29) is 0 Å². The zero-order valence-corrected chi connectivity index (χ0v) is 17.6. The minimum absolute atomic E-state index is 0.875. The topological polar surface area (TPSA) is 51.2 Å². The van der Waals surface area contributed by atoms with Crippen LogP contribution in [0.2, 0.25) is 0 Å². The molecule has 29 heavy (non-hydrogen) atoms. The Labute approximate surface area is 175 Å². The lowest BCUT2D eigenvalue weighted by Gasteiger charge is -2.25. The number of allylic oxidation sites excluding steroid dienone is 1. The fourth-order valence-corrected chi connectivity index (χ4v) is 5.03. The van der Waals surface area contributed by atoms with Gasteiger partial charge < -0.3 is 9.47 Å². The number of aryl methyl sites for hydroxylation is 3. The van der Waals surface area contributed by atoms with Crippen molar-refractivity contribution < 1.29 is 0 Å². The standard InChI is InChI=1S/C22H24N6S/c1-16-19(13-26(2)25-16)21-20(17-7-4-3-5-8-17)24-15-27(21)12-9-18-14-29-22-23-10-6-11-28(18)22/h3-5,7-8,13-15H,6,9-12H2,1-2H3. The van der Waals surface area contributed by atoms with E-state index in [9.17, 15) is 0 Å². The summed E-state index contributed by atoms with van der Waals surface area (Å²) in [5.41, 5.74) is 6.80. The highest BCUT2D eigenvalue weighted by Gasteiger charge is 2.25. The van der Waals surface area contributed by atoms with E-state index >= 15 is 0 Å². The van der Waals surface area contributed by atoms with Crippen molar-refractivity contribution in [3.8, 4) is 22.5 Å². The minimum Gasteiger partial charge on any atom is -0.330 e. The van der Waals surface area contributed by atoms with Crippen molar-refractivity contribution in [1.29, 1.82) is 0 Å². The van der Waals surface area contributed by atoms with Crippen molar-refractivity contribution in [3.05, 3.63) is 59.7 Å². The molecule has 0 N–H and O–H groups in total. The molecule has 148 valence electrons. The van der Waals surface area contributed by atoms with Crippen LogP contribution in [0.5, 0.6) is 0 Å². The Morgan fingerprint density at radius 3 is 2.83 bits per heavy atom. The first-order valence-electron chi connectivity index (χ1n) is 9.99. The van der Waals surface area contributed by atoms with Gasteiger partial charge in [-0.05, 0) is 18.8 Å². The van der Waals surface area contributed by atoms with Gasteiger partial charge in [-0.25, -0.2) is 4.98 Å².